The average Bonchev–Trinajstić information content (AvgIpc) is 2.53. The van der Waals surface area contributed by atoms with Crippen molar-refractivity contribution < 1.29 is 9.53 Å². The highest BCUT2D eigenvalue weighted by Gasteiger charge is 2.19. The van der Waals surface area contributed by atoms with Crippen LogP contribution in [-0.4, -0.2) is 13.0 Å². The number of carbonyl (C=O) groups is 1. The molecule has 0 spiro atoms. The monoisotopic (exact) mass is 274 g/mol. The lowest BCUT2D eigenvalue weighted by molar-refractivity contribution is 0.102. The number of fused-ring (bicyclic) bond motifs is 2. The average molecular weight is 275 g/mol. The number of methoxy groups -OCH3 is 1. The van der Waals surface area contributed by atoms with E-state index in [2.05, 4.69) is 10.6 Å². The van der Waals surface area contributed by atoms with Crippen molar-refractivity contribution in [3.05, 3.63) is 47.0 Å². The zero-order valence-corrected chi connectivity index (χ0v) is 10.9. The zero-order valence-electron chi connectivity index (χ0n) is 10.2. The molecule has 0 aromatic heterocycles. The lowest BCUT2D eigenvalue weighted by atomic mass is 10.1. The van der Waals surface area contributed by atoms with Crippen LogP contribution in [0.15, 0.2) is 36.4 Å². The molecule has 0 radical (unpaired) electrons. The van der Waals surface area contributed by atoms with Gasteiger partial charge in [-0.25, -0.2) is 0 Å². The van der Waals surface area contributed by atoms with E-state index in [9.17, 15) is 4.79 Å². The van der Waals surface area contributed by atoms with E-state index in [0.29, 0.717) is 27.7 Å². The maximum Gasteiger partial charge on any atom is 0.257 e. The number of ether oxygens (including phenoxy) is 1. The van der Waals surface area contributed by atoms with Gasteiger partial charge in [-0.2, -0.15) is 0 Å². The van der Waals surface area contributed by atoms with Crippen LogP contribution in [0.5, 0.6) is 5.75 Å². The lowest BCUT2D eigenvalue weighted by Gasteiger charge is -2.10. The molecule has 2 aromatic carbocycles. The van der Waals surface area contributed by atoms with Crippen molar-refractivity contribution in [1.82, 2.24) is 0 Å². The summed E-state index contributed by atoms with van der Waals surface area (Å²) in [5.41, 5.74) is 2.72. The van der Waals surface area contributed by atoms with Gasteiger partial charge in [0.1, 0.15) is 5.75 Å². The van der Waals surface area contributed by atoms with Gasteiger partial charge in [0.15, 0.2) is 0 Å². The van der Waals surface area contributed by atoms with E-state index in [0.717, 1.165) is 5.69 Å². The molecule has 5 heteroatoms. The number of nitrogens with one attached hydrogen (secondary N) is 2. The van der Waals surface area contributed by atoms with Crippen molar-refractivity contribution >= 4 is 34.6 Å². The highest BCUT2D eigenvalue weighted by molar-refractivity contribution is 6.31. The first kappa shape index (κ1) is 11.9. The van der Waals surface area contributed by atoms with Crippen LogP contribution in [0.25, 0.3) is 0 Å². The summed E-state index contributed by atoms with van der Waals surface area (Å²) in [5.74, 6) is 0.510. The number of benzene rings is 2. The lowest BCUT2D eigenvalue weighted by Crippen LogP contribution is -2.10. The number of anilines is 3. The fraction of sp³-hybridized carbons (Fsp3) is 0.0714. The van der Waals surface area contributed by atoms with Gasteiger partial charge >= 0.3 is 0 Å². The van der Waals surface area contributed by atoms with Crippen LogP contribution in [-0.2, 0) is 0 Å². The molecule has 0 atom stereocenters. The quantitative estimate of drug-likeness (QED) is 0.834. The van der Waals surface area contributed by atoms with Crippen molar-refractivity contribution in [2.24, 2.45) is 0 Å². The van der Waals surface area contributed by atoms with E-state index >= 15 is 0 Å². The number of carbonyl (C=O) groups excluding carboxylic acids is 1. The molecule has 1 aliphatic rings. The first-order valence-corrected chi connectivity index (χ1v) is 6.11. The summed E-state index contributed by atoms with van der Waals surface area (Å²) < 4.78 is 5.15. The van der Waals surface area contributed by atoms with Gasteiger partial charge in [0.2, 0.25) is 0 Å². The molecule has 1 aliphatic heterocycles. The van der Waals surface area contributed by atoms with Crippen molar-refractivity contribution in [1.29, 1.82) is 0 Å². The molecular weight excluding hydrogens is 264 g/mol. The molecule has 0 aliphatic carbocycles. The number of hydrogen-bond donors (Lipinski definition) is 2. The Morgan fingerprint density at radius 2 is 1.84 bits per heavy atom. The number of halogens is 1. The summed E-state index contributed by atoms with van der Waals surface area (Å²) in [6.07, 6.45) is 0. The molecule has 0 fully saturated rings. The third-order valence-electron chi connectivity index (χ3n) is 2.97. The fourth-order valence-corrected chi connectivity index (χ4v) is 2.19. The first-order chi connectivity index (χ1) is 9.17. The molecular formula is C14H11ClN2O2. The van der Waals surface area contributed by atoms with Gasteiger partial charge in [0.05, 0.1) is 29.7 Å². The summed E-state index contributed by atoms with van der Waals surface area (Å²) in [6, 6.07) is 10.6. The second kappa shape index (κ2) is 4.48. The summed E-state index contributed by atoms with van der Waals surface area (Å²) >= 11 is 5.96. The van der Waals surface area contributed by atoms with E-state index in [1.165, 1.54) is 0 Å². The second-order valence-corrected chi connectivity index (χ2v) is 4.62. The number of rotatable bonds is 1. The van der Waals surface area contributed by atoms with E-state index in [1.54, 1.807) is 31.4 Å². The Hall–Kier alpha value is -2.20. The maximum absolute atomic E-state index is 12.1. The van der Waals surface area contributed by atoms with Crippen LogP contribution >= 0.6 is 11.6 Å². The summed E-state index contributed by atoms with van der Waals surface area (Å²) in [6.45, 7) is 0. The minimum atomic E-state index is -0.175. The third-order valence-corrected chi connectivity index (χ3v) is 3.21. The SMILES string of the molecule is COc1ccc2c(c1)NC(=O)c1ccc(Cl)cc1N2. The molecule has 2 aromatic rings. The molecule has 19 heavy (non-hydrogen) atoms. The van der Waals surface area contributed by atoms with Crippen molar-refractivity contribution in [2.75, 3.05) is 17.7 Å². The van der Waals surface area contributed by atoms with Crippen LogP contribution in [0.1, 0.15) is 10.4 Å². The molecule has 0 bridgehead atoms. The minimum Gasteiger partial charge on any atom is -0.497 e. The Morgan fingerprint density at radius 3 is 2.63 bits per heavy atom. The molecule has 1 heterocycles. The van der Waals surface area contributed by atoms with Gasteiger partial charge in [-0.15, -0.1) is 0 Å². The molecule has 4 nitrogen and oxygen atoms in total. The Labute approximate surface area is 115 Å². The Bertz CT molecular complexity index is 670. The number of amides is 1. The standard InChI is InChI=1S/C14H11ClN2O2/c1-19-9-3-5-11-13(7-9)17-14(18)10-4-2-8(15)6-12(10)16-11/h2-7,16H,1H3,(H,17,18). The predicted octanol–water partition coefficient (Wildman–Crippen LogP) is 3.66. The Kier molecular flexibility index (Phi) is 2.80. The predicted molar refractivity (Wildman–Crippen MR) is 75.7 cm³/mol. The summed E-state index contributed by atoms with van der Waals surface area (Å²) in [4.78, 5) is 12.1. The molecule has 0 unspecified atom stereocenters. The smallest absolute Gasteiger partial charge is 0.257 e. The van der Waals surface area contributed by atoms with Gasteiger partial charge in [0, 0.05) is 11.1 Å². The largest absolute Gasteiger partial charge is 0.497 e. The highest BCUT2D eigenvalue weighted by atomic mass is 35.5. The van der Waals surface area contributed by atoms with Gasteiger partial charge in [-0.05, 0) is 30.3 Å². The third kappa shape index (κ3) is 2.11. The van der Waals surface area contributed by atoms with Crippen LogP contribution in [0, 0.1) is 0 Å². The van der Waals surface area contributed by atoms with Gasteiger partial charge in [-0.3, -0.25) is 4.79 Å². The van der Waals surface area contributed by atoms with Crippen molar-refractivity contribution in [3.63, 3.8) is 0 Å². The van der Waals surface area contributed by atoms with Crippen LogP contribution in [0.3, 0.4) is 0 Å². The molecule has 0 saturated carbocycles. The van der Waals surface area contributed by atoms with E-state index < -0.39 is 0 Å². The molecule has 96 valence electrons. The van der Waals surface area contributed by atoms with Crippen LogP contribution in [0.2, 0.25) is 5.02 Å². The van der Waals surface area contributed by atoms with Gasteiger partial charge in [-0.1, -0.05) is 11.6 Å². The minimum absolute atomic E-state index is 0.175. The maximum atomic E-state index is 12.1. The zero-order chi connectivity index (χ0) is 13.4. The van der Waals surface area contributed by atoms with E-state index in [-0.39, 0.29) is 5.91 Å². The van der Waals surface area contributed by atoms with Crippen LogP contribution in [0.4, 0.5) is 17.1 Å². The Morgan fingerprint density at radius 1 is 1.00 bits per heavy atom. The van der Waals surface area contributed by atoms with Crippen molar-refractivity contribution in [3.8, 4) is 5.75 Å². The normalized spacial score (nSPS) is 12.6. The number of hydrogen-bond acceptors (Lipinski definition) is 3. The first-order valence-electron chi connectivity index (χ1n) is 5.73. The topological polar surface area (TPSA) is 50.4 Å². The van der Waals surface area contributed by atoms with E-state index in [1.807, 2.05) is 12.1 Å². The van der Waals surface area contributed by atoms with Crippen molar-refractivity contribution in [2.45, 2.75) is 0 Å². The van der Waals surface area contributed by atoms with Crippen LogP contribution < -0.4 is 15.4 Å². The molecule has 0 saturated heterocycles. The fourth-order valence-electron chi connectivity index (χ4n) is 2.02. The van der Waals surface area contributed by atoms with Gasteiger partial charge in [0.25, 0.3) is 5.91 Å². The highest BCUT2D eigenvalue weighted by Crippen LogP contribution is 2.35. The molecule has 1 amide bonds. The molecule has 2 N–H and O–H groups in total. The molecule has 3 rings (SSSR count). The second-order valence-electron chi connectivity index (χ2n) is 4.18. The Balaban J connectivity index is 2.12. The summed E-state index contributed by atoms with van der Waals surface area (Å²) in [7, 11) is 1.59. The van der Waals surface area contributed by atoms with E-state index in [4.69, 9.17) is 16.3 Å². The summed E-state index contributed by atoms with van der Waals surface area (Å²) in [5, 5.41) is 6.63. The van der Waals surface area contributed by atoms with Gasteiger partial charge < -0.3 is 15.4 Å².